The summed E-state index contributed by atoms with van der Waals surface area (Å²) < 4.78 is 2.53. The van der Waals surface area contributed by atoms with E-state index in [4.69, 9.17) is 23.8 Å². The smallest absolute Gasteiger partial charge is 0.183 e. The molecule has 3 aromatic rings. The summed E-state index contributed by atoms with van der Waals surface area (Å²) in [6.45, 7) is 0. The molecule has 0 radical (unpaired) electrons. The van der Waals surface area contributed by atoms with Gasteiger partial charge in [-0.05, 0) is 42.7 Å². The first-order chi connectivity index (χ1) is 9.19. The highest BCUT2D eigenvalue weighted by Gasteiger charge is 2.08. The summed E-state index contributed by atoms with van der Waals surface area (Å²) in [6, 6.07) is 10.0. The van der Waals surface area contributed by atoms with E-state index in [0.29, 0.717) is 9.79 Å². The predicted molar refractivity (Wildman–Crippen MR) is 83.0 cm³/mol. The van der Waals surface area contributed by atoms with Crippen molar-refractivity contribution >= 4 is 46.7 Å². The van der Waals surface area contributed by atoms with Crippen LogP contribution in [0.1, 0.15) is 0 Å². The topological polar surface area (TPSA) is 33.6 Å². The second kappa shape index (κ2) is 5.00. The largest absolute Gasteiger partial charge is 0.329 e. The summed E-state index contributed by atoms with van der Waals surface area (Å²) in [5, 5.41) is 0.591. The van der Waals surface area contributed by atoms with E-state index in [1.807, 2.05) is 29.0 Å². The molecule has 0 amide bonds. The third-order valence-corrected chi connectivity index (χ3v) is 4.02. The SMILES string of the molecule is CSc1cccc(-n2c(=S)[nH]c3cc(Cl)cnc32)c1. The molecular formula is C13H10ClN3S2. The van der Waals surface area contributed by atoms with Crippen LogP contribution in [0.3, 0.4) is 0 Å². The number of imidazole rings is 1. The molecule has 0 aliphatic heterocycles. The third-order valence-electron chi connectivity index (χ3n) is 2.80. The zero-order valence-corrected chi connectivity index (χ0v) is 12.4. The van der Waals surface area contributed by atoms with Crippen molar-refractivity contribution in [1.82, 2.24) is 14.5 Å². The molecule has 3 nitrogen and oxygen atoms in total. The van der Waals surface area contributed by atoms with Crippen molar-refractivity contribution in [2.24, 2.45) is 0 Å². The van der Waals surface area contributed by atoms with Gasteiger partial charge in [-0.1, -0.05) is 17.7 Å². The van der Waals surface area contributed by atoms with Gasteiger partial charge in [-0.2, -0.15) is 0 Å². The van der Waals surface area contributed by atoms with E-state index in [1.54, 1.807) is 18.0 Å². The van der Waals surface area contributed by atoms with Crippen LogP contribution in [0.5, 0.6) is 0 Å². The first-order valence-corrected chi connectivity index (χ1v) is 7.61. The number of hydrogen-bond donors (Lipinski definition) is 1. The van der Waals surface area contributed by atoms with E-state index in [0.717, 1.165) is 16.9 Å². The number of nitrogens with one attached hydrogen (secondary N) is 1. The Morgan fingerprint density at radius 1 is 1.37 bits per heavy atom. The van der Waals surface area contributed by atoms with Gasteiger partial charge in [0.25, 0.3) is 0 Å². The summed E-state index contributed by atoms with van der Waals surface area (Å²) >= 11 is 13.0. The summed E-state index contributed by atoms with van der Waals surface area (Å²) in [7, 11) is 0. The van der Waals surface area contributed by atoms with Crippen molar-refractivity contribution in [2.45, 2.75) is 4.90 Å². The average Bonchev–Trinajstić information content (AvgIpc) is 2.73. The monoisotopic (exact) mass is 307 g/mol. The van der Waals surface area contributed by atoms with Crippen LogP contribution >= 0.6 is 35.6 Å². The highest BCUT2D eigenvalue weighted by atomic mass is 35.5. The van der Waals surface area contributed by atoms with Crippen LogP contribution in [-0.2, 0) is 0 Å². The summed E-state index contributed by atoms with van der Waals surface area (Å²) in [6.07, 6.45) is 3.67. The van der Waals surface area contributed by atoms with Crippen molar-refractivity contribution in [1.29, 1.82) is 0 Å². The van der Waals surface area contributed by atoms with E-state index < -0.39 is 0 Å². The quantitative estimate of drug-likeness (QED) is 0.560. The molecule has 0 unspecified atom stereocenters. The minimum Gasteiger partial charge on any atom is -0.329 e. The number of halogens is 1. The van der Waals surface area contributed by atoms with Gasteiger partial charge in [-0.15, -0.1) is 11.8 Å². The Balaban J connectivity index is 2.29. The lowest BCUT2D eigenvalue weighted by atomic mass is 10.3. The number of hydrogen-bond acceptors (Lipinski definition) is 3. The predicted octanol–water partition coefficient (Wildman–Crippen LogP) is 4.46. The van der Waals surface area contributed by atoms with Crippen LogP contribution in [0.2, 0.25) is 5.02 Å². The van der Waals surface area contributed by atoms with Gasteiger partial charge in [-0.3, -0.25) is 4.57 Å². The van der Waals surface area contributed by atoms with Gasteiger partial charge in [0.2, 0.25) is 0 Å². The fourth-order valence-corrected chi connectivity index (χ4v) is 2.87. The molecule has 0 saturated carbocycles. The van der Waals surface area contributed by atoms with Crippen molar-refractivity contribution in [3.05, 3.63) is 46.3 Å². The molecule has 6 heteroatoms. The Kier molecular flexibility index (Phi) is 3.35. The normalized spacial score (nSPS) is 11.1. The fourth-order valence-electron chi connectivity index (χ4n) is 1.96. The van der Waals surface area contributed by atoms with Crippen LogP contribution in [-0.4, -0.2) is 20.8 Å². The minimum atomic E-state index is 0.591. The first-order valence-electron chi connectivity index (χ1n) is 5.60. The van der Waals surface area contributed by atoms with E-state index >= 15 is 0 Å². The van der Waals surface area contributed by atoms with Gasteiger partial charge in [0.05, 0.1) is 16.2 Å². The van der Waals surface area contributed by atoms with Crippen LogP contribution < -0.4 is 0 Å². The number of H-pyrrole nitrogens is 1. The number of thioether (sulfide) groups is 1. The Labute approximate surface area is 124 Å². The Morgan fingerprint density at radius 2 is 2.21 bits per heavy atom. The Bertz CT molecular complexity index is 807. The molecule has 0 saturated heterocycles. The average molecular weight is 308 g/mol. The minimum absolute atomic E-state index is 0.591. The molecule has 96 valence electrons. The Morgan fingerprint density at radius 3 is 3.00 bits per heavy atom. The van der Waals surface area contributed by atoms with Crippen molar-refractivity contribution in [3.63, 3.8) is 0 Å². The molecule has 0 bridgehead atoms. The molecule has 1 aromatic carbocycles. The maximum atomic E-state index is 5.94. The lowest BCUT2D eigenvalue weighted by molar-refractivity contribution is 1.04. The zero-order valence-electron chi connectivity index (χ0n) is 10.1. The molecule has 0 atom stereocenters. The molecule has 0 spiro atoms. The second-order valence-electron chi connectivity index (χ2n) is 3.99. The molecule has 2 aromatic heterocycles. The second-order valence-corrected chi connectivity index (χ2v) is 5.69. The van der Waals surface area contributed by atoms with Crippen molar-refractivity contribution < 1.29 is 0 Å². The van der Waals surface area contributed by atoms with Gasteiger partial charge in [0, 0.05) is 11.1 Å². The van der Waals surface area contributed by atoms with E-state index in [2.05, 4.69) is 22.1 Å². The number of fused-ring (bicyclic) bond motifs is 1. The van der Waals surface area contributed by atoms with Crippen LogP contribution in [0, 0.1) is 4.77 Å². The maximum Gasteiger partial charge on any atom is 0.183 e. The molecule has 1 N–H and O–H groups in total. The summed E-state index contributed by atoms with van der Waals surface area (Å²) in [5.74, 6) is 0. The fraction of sp³-hybridized carbons (Fsp3) is 0.0769. The molecule has 0 aliphatic carbocycles. The van der Waals surface area contributed by atoms with Crippen LogP contribution in [0.15, 0.2) is 41.4 Å². The number of aromatic amines is 1. The summed E-state index contributed by atoms with van der Waals surface area (Å²) in [5.41, 5.74) is 2.62. The van der Waals surface area contributed by atoms with E-state index in [-0.39, 0.29) is 0 Å². The number of aromatic nitrogens is 3. The van der Waals surface area contributed by atoms with Gasteiger partial charge in [0.1, 0.15) is 0 Å². The van der Waals surface area contributed by atoms with Crippen LogP contribution in [0.4, 0.5) is 0 Å². The van der Waals surface area contributed by atoms with Crippen LogP contribution in [0.25, 0.3) is 16.9 Å². The number of nitrogens with zero attached hydrogens (tertiary/aromatic N) is 2. The lowest BCUT2D eigenvalue weighted by Crippen LogP contribution is -1.95. The summed E-state index contributed by atoms with van der Waals surface area (Å²) in [4.78, 5) is 8.67. The lowest BCUT2D eigenvalue weighted by Gasteiger charge is -2.05. The number of pyridine rings is 1. The van der Waals surface area contributed by atoms with E-state index in [1.165, 1.54) is 4.90 Å². The highest BCUT2D eigenvalue weighted by molar-refractivity contribution is 7.98. The van der Waals surface area contributed by atoms with Crippen molar-refractivity contribution in [2.75, 3.05) is 6.26 Å². The number of rotatable bonds is 2. The first kappa shape index (κ1) is 12.7. The molecular weight excluding hydrogens is 298 g/mol. The van der Waals surface area contributed by atoms with Crippen molar-refractivity contribution in [3.8, 4) is 5.69 Å². The molecule has 0 fully saturated rings. The Hall–Kier alpha value is -1.30. The van der Waals surface area contributed by atoms with Gasteiger partial charge in [-0.25, -0.2) is 4.98 Å². The molecule has 2 heterocycles. The standard InChI is InChI=1S/C13H10ClN3S2/c1-19-10-4-2-3-9(6-10)17-12-11(16-13(17)18)5-8(14)7-15-12/h2-7H,1H3,(H,16,18). The number of benzene rings is 1. The van der Waals surface area contributed by atoms with Gasteiger partial charge >= 0.3 is 0 Å². The third kappa shape index (κ3) is 2.29. The molecule has 3 rings (SSSR count). The van der Waals surface area contributed by atoms with Gasteiger partial charge < -0.3 is 4.98 Å². The van der Waals surface area contributed by atoms with E-state index in [9.17, 15) is 0 Å². The van der Waals surface area contributed by atoms with Gasteiger partial charge in [0.15, 0.2) is 10.4 Å². The molecule has 19 heavy (non-hydrogen) atoms. The highest BCUT2D eigenvalue weighted by Crippen LogP contribution is 2.23. The molecule has 0 aliphatic rings. The zero-order chi connectivity index (χ0) is 13.4. The maximum absolute atomic E-state index is 5.94.